The molecule has 2 aromatic carbocycles. The topological polar surface area (TPSA) is 62.4 Å². The molecule has 1 aliphatic rings. The first-order chi connectivity index (χ1) is 9.99. The molecule has 6 heteroatoms. The van der Waals surface area contributed by atoms with Gasteiger partial charge in [-0.05, 0) is 24.6 Å². The van der Waals surface area contributed by atoms with E-state index in [9.17, 15) is 0 Å². The molecule has 1 heterocycles. The summed E-state index contributed by atoms with van der Waals surface area (Å²) in [6, 6.07) is 11.6. The molecule has 0 aliphatic carbocycles. The molecule has 4 nitrogen and oxygen atoms in total. The summed E-state index contributed by atoms with van der Waals surface area (Å²) < 4.78 is 0. The van der Waals surface area contributed by atoms with E-state index in [4.69, 9.17) is 28.9 Å². The highest BCUT2D eigenvalue weighted by molar-refractivity contribution is 6.39. The first kappa shape index (κ1) is 14.4. The zero-order chi connectivity index (χ0) is 15.0. The smallest absolute Gasteiger partial charge is 0.206 e. The normalized spacial score (nSPS) is 20.6. The van der Waals surface area contributed by atoms with E-state index in [2.05, 4.69) is 15.8 Å². The van der Waals surface area contributed by atoms with Crippen molar-refractivity contribution in [3.8, 4) is 11.1 Å². The van der Waals surface area contributed by atoms with Crippen LogP contribution in [0, 0.1) is 6.92 Å². The number of hydrazine groups is 1. The van der Waals surface area contributed by atoms with E-state index in [0.717, 1.165) is 11.1 Å². The number of nitrogens with two attached hydrogens (primary N) is 1. The number of halogens is 2. The third-order valence-corrected chi connectivity index (χ3v) is 4.01. The Kier molecular flexibility index (Phi) is 3.63. The molecule has 4 N–H and O–H groups in total. The number of aliphatic imine (C=N–C) groups is 1. The first-order valence-electron chi connectivity index (χ1n) is 6.41. The lowest BCUT2D eigenvalue weighted by atomic mass is 10.0. The number of hydrogen-bond donors (Lipinski definition) is 3. The zero-order valence-corrected chi connectivity index (χ0v) is 12.8. The minimum Gasteiger partial charge on any atom is -0.309 e. The highest BCUT2D eigenvalue weighted by Crippen LogP contribution is 2.37. The molecule has 0 spiro atoms. The van der Waals surface area contributed by atoms with E-state index >= 15 is 0 Å². The number of nitrogens with zero attached hydrogens (tertiary/aromatic N) is 1. The van der Waals surface area contributed by atoms with Crippen molar-refractivity contribution in [3.63, 3.8) is 0 Å². The SMILES string of the molecule is Cc1ccc(-c2c(Cl)cc(C3(N)N=CNN3)cc2Cl)cc1. The quantitative estimate of drug-likeness (QED) is 0.796. The van der Waals surface area contributed by atoms with Gasteiger partial charge in [-0.1, -0.05) is 53.0 Å². The molecule has 0 aromatic heterocycles. The average molecular weight is 321 g/mol. The number of aryl methyl sites for hydroxylation is 1. The van der Waals surface area contributed by atoms with Gasteiger partial charge in [0.2, 0.25) is 5.79 Å². The fourth-order valence-electron chi connectivity index (χ4n) is 2.24. The molecule has 0 amide bonds. The molecule has 3 rings (SSSR count). The molecule has 1 aliphatic heterocycles. The molecule has 0 saturated carbocycles. The summed E-state index contributed by atoms with van der Waals surface area (Å²) in [7, 11) is 0. The molecular formula is C15H14Cl2N4. The van der Waals surface area contributed by atoms with Crippen molar-refractivity contribution in [2.24, 2.45) is 10.7 Å². The summed E-state index contributed by atoms with van der Waals surface area (Å²) in [5.41, 5.74) is 15.4. The highest BCUT2D eigenvalue weighted by atomic mass is 35.5. The van der Waals surface area contributed by atoms with Crippen molar-refractivity contribution in [1.29, 1.82) is 0 Å². The van der Waals surface area contributed by atoms with Crippen molar-refractivity contribution < 1.29 is 0 Å². The summed E-state index contributed by atoms with van der Waals surface area (Å²) in [6.45, 7) is 2.03. The van der Waals surface area contributed by atoms with E-state index in [-0.39, 0.29) is 0 Å². The predicted molar refractivity (Wildman–Crippen MR) is 87.3 cm³/mol. The van der Waals surface area contributed by atoms with Gasteiger partial charge in [-0.25, -0.2) is 4.99 Å². The lowest BCUT2D eigenvalue weighted by Crippen LogP contribution is -2.49. The van der Waals surface area contributed by atoms with E-state index in [1.54, 1.807) is 12.1 Å². The lowest BCUT2D eigenvalue weighted by Gasteiger charge is -2.22. The van der Waals surface area contributed by atoms with Gasteiger partial charge in [0.05, 0.1) is 10.0 Å². The molecule has 21 heavy (non-hydrogen) atoms. The van der Waals surface area contributed by atoms with Crippen LogP contribution in [0.25, 0.3) is 11.1 Å². The van der Waals surface area contributed by atoms with Crippen LogP contribution in [0.1, 0.15) is 11.1 Å². The molecule has 108 valence electrons. The first-order valence-corrected chi connectivity index (χ1v) is 7.17. The molecular weight excluding hydrogens is 307 g/mol. The van der Waals surface area contributed by atoms with Crippen molar-refractivity contribution in [3.05, 3.63) is 57.6 Å². The van der Waals surface area contributed by atoms with Gasteiger partial charge in [-0.3, -0.25) is 5.73 Å². The van der Waals surface area contributed by atoms with Crippen LogP contribution in [0.5, 0.6) is 0 Å². The number of benzene rings is 2. The van der Waals surface area contributed by atoms with Crippen LogP contribution in [0.2, 0.25) is 10.0 Å². The van der Waals surface area contributed by atoms with Crippen molar-refractivity contribution in [1.82, 2.24) is 10.9 Å². The van der Waals surface area contributed by atoms with E-state index < -0.39 is 5.79 Å². The Morgan fingerprint density at radius 2 is 1.71 bits per heavy atom. The molecule has 0 bridgehead atoms. The summed E-state index contributed by atoms with van der Waals surface area (Å²) in [4.78, 5) is 4.15. The Hall–Kier alpha value is -1.59. The van der Waals surface area contributed by atoms with Crippen molar-refractivity contribution in [2.75, 3.05) is 0 Å². The Morgan fingerprint density at radius 3 is 2.24 bits per heavy atom. The van der Waals surface area contributed by atoms with Crippen molar-refractivity contribution >= 4 is 29.5 Å². The summed E-state index contributed by atoms with van der Waals surface area (Å²) in [5.74, 6) is -1.06. The van der Waals surface area contributed by atoms with Crippen molar-refractivity contribution in [2.45, 2.75) is 12.7 Å². The third kappa shape index (κ3) is 2.63. The second kappa shape index (κ2) is 5.31. The lowest BCUT2D eigenvalue weighted by molar-refractivity contribution is 0.375. The maximum Gasteiger partial charge on any atom is 0.206 e. The highest BCUT2D eigenvalue weighted by Gasteiger charge is 2.30. The molecule has 0 radical (unpaired) electrons. The Bertz CT molecular complexity index is 689. The van der Waals surface area contributed by atoms with E-state index in [1.807, 2.05) is 31.2 Å². The number of rotatable bonds is 2. The van der Waals surface area contributed by atoms with Gasteiger partial charge in [-0.15, -0.1) is 0 Å². The van der Waals surface area contributed by atoms with Gasteiger partial charge >= 0.3 is 0 Å². The fraction of sp³-hybridized carbons (Fsp3) is 0.133. The minimum absolute atomic E-state index is 0.537. The Morgan fingerprint density at radius 1 is 1.10 bits per heavy atom. The van der Waals surface area contributed by atoms with Crippen LogP contribution in [0.15, 0.2) is 41.4 Å². The standard InChI is InChI=1S/C15H14Cl2N4/c1-9-2-4-10(5-3-9)14-12(16)6-11(7-13(14)17)15(18)19-8-20-21-15/h2-8,21H,18H2,1H3,(H,19,20). The number of hydrogen-bond acceptors (Lipinski definition) is 4. The second-order valence-electron chi connectivity index (χ2n) is 4.97. The van der Waals surface area contributed by atoms with Gasteiger partial charge < -0.3 is 5.43 Å². The number of nitrogens with one attached hydrogen (secondary N) is 2. The van der Waals surface area contributed by atoms with Crippen LogP contribution in [0.3, 0.4) is 0 Å². The average Bonchev–Trinajstić information content (AvgIpc) is 2.88. The van der Waals surface area contributed by atoms with Gasteiger partial charge in [0.1, 0.15) is 6.34 Å². The Labute approximate surface area is 132 Å². The zero-order valence-electron chi connectivity index (χ0n) is 11.3. The minimum atomic E-state index is -1.06. The summed E-state index contributed by atoms with van der Waals surface area (Å²) >= 11 is 12.8. The summed E-state index contributed by atoms with van der Waals surface area (Å²) in [5, 5.41) is 1.07. The van der Waals surface area contributed by atoms with Gasteiger partial charge in [-0.2, -0.15) is 5.43 Å². The van der Waals surface area contributed by atoms with Crippen LogP contribution in [0.4, 0.5) is 0 Å². The van der Waals surface area contributed by atoms with E-state index in [0.29, 0.717) is 15.6 Å². The molecule has 1 unspecified atom stereocenters. The van der Waals surface area contributed by atoms with Crippen LogP contribution >= 0.6 is 23.2 Å². The molecule has 0 saturated heterocycles. The maximum atomic E-state index is 6.41. The Balaban J connectivity index is 2.08. The molecule has 1 atom stereocenters. The van der Waals surface area contributed by atoms with Crippen LogP contribution in [-0.2, 0) is 5.79 Å². The third-order valence-electron chi connectivity index (χ3n) is 3.42. The maximum absolute atomic E-state index is 6.41. The van der Waals surface area contributed by atoms with Crippen LogP contribution < -0.4 is 16.6 Å². The largest absolute Gasteiger partial charge is 0.309 e. The monoisotopic (exact) mass is 320 g/mol. The summed E-state index contributed by atoms with van der Waals surface area (Å²) in [6.07, 6.45) is 1.50. The van der Waals surface area contributed by atoms with E-state index in [1.165, 1.54) is 11.9 Å². The van der Waals surface area contributed by atoms with Gasteiger partial charge in [0.15, 0.2) is 0 Å². The second-order valence-corrected chi connectivity index (χ2v) is 5.79. The predicted octanol–water partition coefficient (Wildman–Crippen LogP) is 3.17. The van der Waals surface area contributed by atoms with Gasteiger partial charge in [0.25, 0.3) is 0 Å². The van der Waals surface area contributed by atoms with Gasteiger partial charge in [0, 0.05) is 11.1 Å². The molecule has 2 aromatic rings. The van der Waals surface area contributed by atoms with Crippen LogP contribution in [-0.4, -0.2) is 6.34 Å². The fourth-order valence-corrected chi connectivity index (χ4v) is 2.95. The molecule has 0 fully saturated rings.